The third-order valence-electron chi connectivity index (χ3n) is 4.09. The van der Waals surface area contributed by atoms with Gasteiger partial charge >= 0.3 is 12.0 Å². The molecule has 1 heterocycles. The van der Waals surface area contributed by atoms with Crippen LogP contribution in [0.15, 0.2) is 0 Å². The van der Waals surface area contributed by atoms with Crippen LogP contribution in [0.2, 0.25) is 0 Å². The molecule has 0 bridgehead atoms. The van der Waals surface area contributed by atoms with E-state index >= 15 is 0 Å². The molecule has 0 aromatic carbocycles. The molecule has 1 saturated heterocycles. The van der Waals surface area contributed by atoms with E-state index in [2.05, 4.69) is 11.8 Å². The monoisotopic (exact) mass is 285 g/mol. The summed E-state index contributed by atoms with van der Waals surface area (Å²) in [4.78, 5) is 29.0. The lowest BCUT2D eigenvalue weighted by atomic mass is 10.1. The summed E-state index contributed by atoms with van der Waals surface area (Å²) >= 11 is 0. The van der Waals surface area contributed by atoms with Crippen molar-refractivity contribution < 1.29 is 14.7 Å². The van der Waals surface area contributed by atoms with E-state index in [1.807, 2.05) is 25.9 Å². The van der Waals surface area contributed by atoms with Gasteiger partial charge in [0.25, 0.3) is 0 Å². The van der Waals surface area contributed by atoms with Gasteiger partial charge in [-0.15, -0.1) is 0 Å². The summed E-state index contributed by atoms with van der Waals surface area (Å²) in [7, 11) is 4.06. The number of urea groups is 1. The van der Waals surface area contributed by atoms with Crippen molar-refractivity contribution in [2.24, 2.45) is 5.92 Å². The van der Waals surface area contributed by atoms with Crippen LogP contribution in [0.3, 0.4) is 0 Å². The normalized spacial score (nSPS) is 24.0. The van der Waals surface area contributed by atoms with Crippen molar-refractivity contribution in [2.45, 2.75) is 39.3 Å². The van der Waals surface area contributed by atoms with Crippen molar-refractivity contribution in [1.82, 2.24) is 14.7 Å². The van der Waals surface area contributed by atoms with Crippen LogP contribution < -0.4 is 0 Å². The molecule has 0 aliphatic carbocycles. The number of aliphatic carboxylic acids is 1. The number of carboxylic acids is 1. The first-order chi connectivity index (χ1) is 9.27. The summed E-state index contributed by atoms with van der Waals surface area (Å²) in [6.45, 7) is 7.80. The molecule has 3 unspecified atom stereocenters. The molecule has 6 heteroatoms. The molecule has 6 nitrogen and oxygen atoms in total. The zero-order valence-corrected chi connectivity index (χ0v) is 13.2. The number of likely N-dealkylation sites (N-methyl/N-ethyl adjacent to an activating group) is 1. The van der Waals surface area contributed by atoms with Gasteiger partial charge in [0.15, 0.2) is 0 Å². The summed E-state index contributed by atoms with van der Waals surface area (Å²) < 4.78 is 0. The highest BCUT2D eigenvalue weighted by molar-refractivity contribution is 5.76. The summed E-state index contributed by atoms with van der Waals surface area (Å²) in [5, 5.41) is 8.87. The molecule has 3 atom stereocenters. The van der Waals surface area contributed by atoms with E-state index in [1.165, 1.54) is 0 Å². The summed E-state index contributed by atoms with van der Waals surface area (Å²) in [5.74, 6) is -0.438. The van der Waals surface area contributed by atoms with Gasteiger partial charge < -0.3 is 19.8 Å². The zero-order valence-electron chi connectivity index (χ0n) is 13.2. The lowest BCUT2D eigenvalue weighted by Gasteiger charge is -2.31. The van der Waals surface area contributed by atoms with E-state index in [4.69, 9.17) is 5.11 Å². The van der Waals surface area contributed by atoms with Gasteiger partial charge in [-0.25, -0.2) is 4.79 Å². The van der Waals surface area contributed by atoms with Crippen LogP contribution in [0.4, 0.5) is 4.79 Å². The Bertz CT molecular complexity index is 360. The SMILES string of the molecule is CCN(C(=O)N1CC(C)C(N(C)C)C1)C(C)CC(=O)O. The van der Waals surface area contributed by atoms with Crippen molar-refractivity contribution in [3.05, 3.63) is 0 Å². The van der Waals surface area contributed by atoms with Crippen LogP contribution in [0.25, 0.3) is 0 Å². The van der Waals surface area contributed by atoms with E-state index in [0.717, 1.165) is 6.54 Å². The van der Waals surface area contributed by atoms with E-state index < -0.39 is 5.97 Å². The van der Waals surface area contributed by atoms with E-state index in [1.54, 1.807) is 11.8 Å². The number of hydrogen-bond acceptors (Lipinski definition) is 3. The molecule has 0 spiro atoms. The van der Waals surface area contributed by atoms with Gasteiger partial charge in [-0.05, 0) is 33.9 Å². The maximum atomic E-state index is 12.6. The predicted octanol–water partition coefficient (Wildman–Crippen LogP) is 1.17. The lowest BCUT2D eigenvalue weighted by Crippen LogP contribution is -2.47. The largest absolute Gasteiger partial charge is 0.481 e. The molecule has 0 saturated carbocycles. The van der Waals surface area contributed by atoms with Crippen LogP contribution in [0.1, 0.15) is 27.2 Å². The molecule has 0 aromatic rings. The fourth-order valence-electron chi connectivity index (χ4n) is 2.96. The average molecular weight is 285 g/mol. The molecule has 0 radical (unpaired) electrons. The molecule has 1 N–H and O–H groups in total. The molecule has 20 heavy (non-hydrogen) atoms. The topological polar surface area (TPSA) is 64.1 Å². The smallest absolute Gasteiger partial charge is 0.320 e. The van der Waals surface area contributed by atoms with Gasteiger partial charge in [0.1, 0.15) is 0 Å². The Morgan fingerprint density at radius 1 is 1.35 bits per heavy atom. The van der Waals surface area contributed by atoms with Gasteiger partial charge in [0.2, 0.25) is 0 Å². The Kier molecular flexibility index (Phi) is 5.80. The molecular formula is C14H27N3O3. The second kappa shape index (κ2) is 6.92. The van der Waals surface area contributed by atoms with Crippen LogP contribution in [0.5, 0.6) is 0 Å². The van der Waals surface area contributed by atoms with Gasteiger partial charge in [0, 0.05) is 31.7 Å². The predicted molar refractivity (Wildman–Crippen MR) is 77.7 cm³/mol. The Morgan fingerprint density at radius 2 is 1.95 bits per heavy atom. The minimum Gasteiger partial charge on any atom is -0.481 e. The van der Waals surface area contributed by atoms with E-state index in [9.17, 15) is 9.59 Å². The van der Waals surface area contributed by atoms with Gasteiger partial charge in [-0.2, -0.15) is 0 Å². The average Bonchev–Trinajstić information content (AvgIpc) is 2.71. The minimum atomic E-state index is -0.871. The second-order valence-electron chi connectivity index (χ2n) is 5.93. The number of carboxylic acid groups (broad SMARTS) is 1. The standard InChI is InChI=1S/C14H27N3O3/c1-6-17(11(3)7-13(18)19)14(20)16-8-10(2)12(9-16)15(4)5/h10-12H,6-9H2,1-5H3,(H,18,19). The van der Waals surface area contributed by atoms with Gasteiger partial charge in [-0.1, -0.05) is 6.92 Å². The third kappa shape index (κ3) is 3.85. The quantitative estimate of drug-likeness (QED) is 0.823. The first-order valence-electron chi connectivity index (χ1n) is 7.21. The van der Waals surface area contributed by atoms with Crippen molar-refractivity contribution in [2.75, 3.05) is 33.7 Å². The zero-order chi connectivity index (χ0) is 15.4. The Balaban J connectivity index is 2.70. The summed E-state index contributed by atoms with van der Waals surface area (Å²) in [5.41, 5.74) is 0. The number of hydrogen-bond donors (Lipinski definition) is 1. The molecular weight excluding hydrogens is 258 g/mol. The highest BCUT2D eigenvalue weighted by Gasteiger charge is 2.36. The molecule has 116 valence electrons. The second-order valence-corrected chi connectivity index (χ2v) is 5.93. The minimum absolute atomic E-state index is 0.0138. The van der Waals surface area contributed by atoms with E-state index in [0.29, 0.717) is 25.0 Å². The van der Waals surface area contributed by atoms with Crippen molar-refractivity contribution in [3.8, 4) is 0 Å². The molecule has 2 amide bonds. The fourth-order valence-corrected chi connectivity index (χ4v) is 2.96. The Labute approximate surface area is 121 Å². The number of amides is 2. The molecule has 1 aliphatic heterocycles. The Morgan fingerprint density at radius 3 is 2.35 bits per heavy atom. The molecule has 1 aliphatic rings. The first kappa shape index (κ1) is 16.8. The van der Waals surface area contributed by atoms with Crippen LogP contribution in [0, 0.1) is 5.92 Å². The fraction of sp³-hybridized carbons (Fsp3) is 0.857. The van der Waals surface area contributed by atoms with E-state index in [-0.39, 0.29) is 18.5 Å². The number of nitrogens with zero attached hydrogens (tertiary/aromatic N) is 3. The summed E-state index contributed by atoms with van der Waals surface area (Å²) in [6, 6.07) is 0.0450. The Hall–Kier alpha value is -1.30. The maximum absolute atomic E-state index is 12.6. The van der Waals surface area contributed by atoms with Gasteiger partial charge in [-0.3, -0.25) is 4.79 Å². The third-order valence-corrected chi connectivity index (χ3v) is 4.09. The highest BCUT2D eigenvalue weighted by atomic mass is 16.4. The lowest BCUT2D eigenvalue weighted by molar-refractivity contribution is -0.138. The number of carbonyl (C=O) groups is 2. The van der Waals surface area contributed by atoms with Crippen LogP contribution in [-0.4, -0.2) is 77.6 Å². The van der Waals surface area contributed by atoms with Crippen molar-refractivity contribution in [1.29, 1.82) is 0 Å². The number of carbonyl (C=O) groups excluding carboxylic acids is 1. The highest BCUT2D eigenvalue weighted by Crippen LogP contribution is 2.22. The van der Waals surface area contributed by atoms with Crippen LogP contribution >= 0.6 is 0 Å². The van der Waals surface area contributed by atoms with Crippen molar-refractivity contribution >= 4 is 12.0 Å². The molecule has 1 rings (SSSR count). The first-order valence-corrected chi connectivity index (χ1v) is 7.21. The number of likely N-dealkylation sites (tertiary alicyclic amines) is 1. The summed E-state index contributed by atoms with van der Waals surface area (Å²) in [6.07, 6.45) is -0.0138. The van der Waals surface area contributed by atoms with Gasteiger partial charge in [0.05, 0.1) is 6.42 Å². The molecule has 1 fully saturated rings. The number of rotatable bonds is 5. The van der Waals surface area contributed by atoms with Crippen molar-refractivity contribution in [3.63, 3.8) is 0 Å². The molecule has 0 aromatic heterocycles. The van der Waals surface area contributed by atoms with Crippen LogP contribution in [-0.2, 0) is 4.79 Å². The maximum Gasteiger partial charge on any atom is 0.320 e.